The average Bonchev–Trinajstić information content (AvgIpc) is 2.21. The highest BCUT2D eigenvalue weighted by Crippen LogP contribution is 2.17. The van der Waals surface area contributed by atoms with E-state index in [9.17, 15) is 0 Å². The Kier molecular flexibility index (Phi) is 5.04. The van der Waals surface area contributed by atoms with E-state index in [-0.39, 0.29) is 0 Å². The fraction of sp³-hybridized carbons (Fsp3) is 0.455. The van der Waals surface area contributed by atoms with E-state index in [4.69, 9.17) is 9.57 Å². The monoisotopic (exact) mass is 195 g/mol. The lowest BCUT2D eigenvalue weighted by Crippen LogP contribution is -2.14. The van der Waals surface area contributed by atoms with Crippen LogP contribution in [0.4, 0.5) is 0 Å². The molecule has 0 spiro atoms. The topological polar surface area (TPSA) is 30.5 Å². The zero-order chi connectivity index (χ0) is 10.2. The molecule has 0 heterocycles. The van der Waals surface area contributed by atoms with Gasteiger partial charge in [0.25, 0.3) is 0 Å². The summed E-state index contributed by atoms with van der Waals surface area (Å²) in [5.41, 5.74) is 3.98. The number of hydroxylamine groups is 1. The van der Waals surface area contributed by atoms with Crippen LogP contribution in [0, 0.1) is 0 Å². The Morgan fingerprint density at radius 1 is 1.14 bits per heavy atom. The largest absolute Gasteiger partial charge is 0.494 e. The van der Waals surface area contributed by atoms with Crippen LogP contribution in [0.2, 0.25) is 0 Å². The lowest BCUT2D eigenvalue weighted by atomic mass is 10.2. The number of nitrogens with one attached hydrogen (secondary N) is 1. The second-order valence-electron chi connectivity index (χ2n) is 2.79. The van der Waals surface area contributed by atoms with Gasteiger partial charge in [-0.05, 0) is 19.9 Å². The van der Waals surface area contributed by atoms with Crippen molar-refractivity contribution in [1.82, 2.24) is 5.48 Å². The molecule has 0 bridgehead atoms. The van der Waals surface area contributed by atoms with Gasteiger partial charge in [-0.15, -0.1) is 0 Å². The van der Waals surface area contributed by atoms with Gasteiger partial charge in [0.15, 0.2) is 0 Å². The number of ether oxygens (including phenoxy) is 1. The van der Waals surface area contributed by atoms with Gasteiger partial charge >= 0.3 is 0 Å². The molecule has 14 heavy (non-hydrogen) atoms. The van der Waals surface area contributed by atoms with E-state index >= 15 is 0 Å². The van der Waals surface area contributed by atoms with E-state index in [2.05, 4.69) is 5.48 Å². The summed E-state index contributed by atoms with van der Waals surface area (Å²) in [7, 11) is 0. The van der Waals surface area contributed by atoms with Crippen LogP contribution in [0.5, 0.6) is 5.75 Å². The minimum absolute atomic E-state index is 0.663. The molecule has 0 aliphatic carbocycles. The van der Waals surface area contributed by atoms with Crippen molar-refractivity contribution in [3.05, 3.63) is 29.8 Å². The fourth-order valence-electron chi connectivity index (χ4n) is 1.18. The SMILES string of the molecule is CCONCc1ccccc1OCC. The lowest BCUT2D eigenvalue weighted by molar-refractivity contribution is 0.0458. The van der Waals surface area contributed by atoms with E-state index < -0.39 is 0 Å². The van der Waals surface area contributed by atoms with E-state index in [1.54, 1.807) is 0 Å². The molecule has 0 radical (unpaired) electrons. The van der Waals surface area contributed by atoms with Crippen molar-refractivity contribution in [1.29, 1.82) is 0 Å². The van der Waals surface area contributed by atoms with Gasteiger partial charge in [-0.25, -0.2) is 0 Å². The van der Waals surface area contributed by atoms with Crippen molar-refractivity contribution >= 4 is 0 Å². The summed E-state index contributed by atoms with van der Waals surface area (Å²) < 4.78 is 5.47. The van der Waals surface area contributed by atoms with Gasteiger partial charge in [-0.1, -0.05) is 18.2 Å². The third kappa shape index (κ3) is 3.36. The molecule has 0 aliphatic heterocycles. The molecule has 0 unspecified atom stereocenters. The van der Waals surface area contributed by atoms with Crippen molar-refractivity contribution in [2.24, 2.45) is 0 Å². The predicted molar refractivity (Wildman–Crippen MR) is 56.1 cm³/mol. The van der Waals surface area contributed by atoms with Crippen molar-refractivity contribution in [2.45, 2.75) is 20.4 Å². The molecule has 0 fully saturated rings. The number of hydrogen-bond donors (Lipinski definition) is 1. The van der Waals surface area contributed by atoms with E-state index in [0.29, 0.717) is 19.8 Å². The minimum atomic E-state index is 0.663. The molecule has 0 aromatic heterocycles. The van der Waals surface area contributed by atoms with E-state index in [0.717, 1.165) is 11.3 Å². The predicted octanol–water partition coefficient (Wildman–Crippen LogP) is 2.13. The van der Waals surface area contributed by atoms with Gasteiger partial charge in [0.05, 0.1) is 13.2 Å². The van der Waals surface area contributed by atoms with E-state index in [1.165, 1.54) is 0 Å². The highest BCUT2D eigenvalue weighted by Gasteiger charge is 2.00. The first-order valence-corrected chi connectivity index (χ1v) is 4.93. The number of para-hydroxylation sites is 1. The van der Waals surface area contributed by atoms with Gasteiger partial charge in [0.2, 0.25) is 0 Å². The quantitative estimate of drug-likeness (QED) is 0.557. The van der Waals surface area contributed by atoms with Crippen LogP contribution in [-0.2, 0) is 11.4 Å². The zero-order valence-electron chi connectivity index (χ0n) is 8.75. The van der Waals surface area contributed by atoms with Crippen molar-refractivity contribution in [3.63, 3.8) is 0 Å². The molecule has 0 saturated carbocycles. The Hall–Kier alpha value is -1.06. The maximum Gasteiger partial charge on any atom is 0.123 e. The van der Waals surface area contributed by atoms with E-state index in [1.807, 2.05) is 38.1 Å². The smallest absolute Gasteiger partial charge is 0.123 e. The second-order valence-corrected chi connectivity index (χ2v) is 2.79. The third-order valence-corrected chi connectivity index (χ3v) is 1.78. The summed E-state index contributed by atoms with van der Waals surface area (Å²) in [6.45, 7) is 5.95. The number of rotatable bonds is 6. The molecule has 0 saturated heterocycles. The second kappa shape index (κ2) is 6.40. The molecule has 0 atom stereocenters. The van der Waals surface area contributed by atoms with Gasteiger partial charge in [0, 0.05) is 12.1 Å². The summed E-state index contributed by atoms with van der Waals surface area (Å²) in [6.07, 6.45) is 0. The summed E-state index contributed by atoms with van der Waals surface area (Å²) >= 11 is 0. The molecule has 0 aliphatic rings. The summed E-state index contributed by atoms with van der Waals surface area (Å²) in [4.78, 5) is 5.07. The van der Waals surface area contributed by atoms with Gasteiger partial charge in [-0.2, -0.15) is 5.48 Å². The molecule has 1 rings (SSSR count). The molecule has 3 heteroatoms. The molecular formula is C11H17NO2. The average molecular weight is 195 g/mol. The van der Waals surface area contributed by atoms with Crippen LogP contribution in [-0.4, -0.2) is 13.2 Å². The number of benzene rings is 1. The molecule has 1 N–H and O–H groups in total. The lowest BCUT2D eigenvalue weighted by Gasteiger charge is -2.10. The van der Waals surface area contributed by atoms with Crippen LogP contribution in [0.3, 0.4) is 0 Å². The normalized spacial score (nSPS) is 10.1. The van der Waals surface area contributed by atoms with Crippen LogP contribution in [0.1, 0.15) is 19.4 Å². The maximum atomic E-state index is 5.47. The van der Waals surface area contributed by atoms with Gasteiger partial charge < -0.3 is 9.57 Å². The Bertz CT molecular complexity index is 263. The molecule has 0 amide bonds. The molecule has 1 aromatic rings. The van der Waals surface area contributed by atoms with Crippen LogP contribution in [0.15, 0.2) is 24.3 Å². The first-order chi connectivity index (χ1) is 6.88. The first-order valence-electron chi connectivity index (χ1n) is 4.93. The van der Waals surface area contributed by atoms with Gasteiger partial charge in [-0.3, -0.25) is 0 Å². The van der Waals surface area contributed by atoms with Crippen LogP contribution in [0.25, 0.3) is 0 Å². The Balaban J connectivity index is 2.55. The fourth-order valence-corrected chi connectivity index (χ4v) is 1.18. The highest BCUT2D eigenvalue weighted by molar-refractivity contribution is 5.32. The standard InChI is InChI=1S/C11H17NO2/c1-3-13-11-8-6-5-7-10(11)9-12-14-4-2/h5-8,12H,3-4,9H2,1-2H3. The van der Waals surface area contributed by atoms with Crippen molar-refractivity contribution in [3.8, 4) is 5.75 Å². The molecule has 1 aromatic carbocycles. The Morgan fingerprint density at radius 3 is 2.64 bits per heavy atom. The Morgan fingerprint density at radius 2 is 1.93 bits per heavy atom. The Labute approximate surface area is 85.0 Å². The summed E-state index contributed by atoms with van der Waals surface area (Å²) in [5, 5.41) is 0. The zero-order valence-corrected chi connectivity index (χ0v) is 8.75. The highest BCUT2D eigenvalue weighted by atomic mass is 16.6. The van der Waals surface area contributed by atoms with Crippen molar-refractivity contribution < 1.29 is 9.57 Å². The molecular weight excluding hydrogens is 178 g/mol. The van der Waals surface area contributed by atoms with Crippen LogP contribution >= 0.6 is 0 Å². The van der Waals surface area contributed by atoms with Crippen LogP contribution < -0.4 is 10.2 Å². The molecule has 3 nitrogen and oxygen atoms in total. The third-order valence-electron chi connectivity index (χ3n) is 1.78. The van der Waals surface area contributed by atoms with Crippen molar-refractivity contribution in [2.75, 3.05) is 13.2 Å². The minimum Gasteiger partial charge on any atom is -0.494 e. The summed E-state index contributed by atoms with van der Waals surface area (Å²) in [6, 6.07) is 7.95. The summed E-state index contributed by atoms with van der Waals surface area (Å²) in [5.74, 6) is 0.919. The first kappa shape index (κ1) is 11.0. The number of hydrogen-bond acceptors (Lipinski definition) is 3. The molecule has 78 valence electrons. The maximum absolute atomic E-state index is 5.47. The van der Waals surface area contributed by atoms with Gasteiger partial charge in [0.1, 0.15) is 5.75 Å².